The van der Waals surface area contributed by atoms with Crippen LogP contribution in [0.15, 0.2) is 24.3 Å². The maximum absolute atomic E-state index is 9.83. The lowest BCUT2D eigenvalue weighted by molar-refractivity contribution is 0.104. The highest BCUT2D eigenvalue weighted by atomic mass is 16.3. The molecule has 0 amide bonds. The molecule has 1 aromatic rings. The molecular formula is C11H14O. The molecule has 0 aliphatic heterocycles. The van der Waals surface area contributed by atoms with E-state index in [0.717, 1.165) is 18.4 Å². The lowest BCUT2D eigenvalue weighted by Gasteiger charge is -2.27. The van der Waals surface area contributed by atoms with Crippen molar-refractivity contribution in [2.24, 2.45) is 5.92 Å². The Labute approximate surface area is 73.0 Å². The van der Waals surface area contributed by atoms with Gasteiger partial charge in [-0.05, 0) is 29.9 Å². The fraction of sp³-hybridized carbons (Fsp3) is 0.455. The first-order valence-corrected chi connectivity index (χ1v) is 4.55. The van der Waals surface area contributed by atoms with Crippen LogP contribution in [0.1, 0.15) is 30.6 Å². The second-order valence-electron chi connectivity index (χ2n) is 3.66. The maximum Gasteiger partial charge on any atom is 0.0818 e. The fourth-order valence-corrected chi connectivity index (χ4v) is 1.90. The highest BCUT2D eigenvalue weighted by Crippen LogP contribution is 2.33. The van der Waals surface area contributed by atoms with Crippen LogP contribution >= 0.6 is 0 Å². The molecule has 1 N–H and O–H groups in total. The van der Waals surface area contributed by atoms with Crippen LogP contribution in [0.3, 0.4) is 0 Å². The van der Waals surface area contributed by atoms with Gasteiger partial charge in [0.2, 0.25) is 0 Å². The maximum atomic E-state index is 9.83. The summed E-state index contributed by atoms with van der Waals surface area (Å²) >= 11 is 0. The Bertz CT molecular complexity index is 280. The van der Waals surface area contributed by atoms with Crippen LogP contribution in [0.25, 0.3) is 0 Å². The summed E-state index contributed by atoms with van der Waals surface area (Å²) in [7, 11) is 0. The molecule has 12 heavy (non-hydrogen) atoms. The Morgan fingerprint density at radius 2 is 2.08 bits per heavy atom. The van der Waals surface area contributed by atoms with Gasteiger partial charge in [-0.2, -0.15) is 0 Å². The normalized spacial score (nSPS) is 28.2. The zero-order valence-electron chi connectivity index (χ0n) is 7.33. The predicted molar refractivity (Wildman–Crippen MR) is 48.9 cm³/mol. The number of benzene rings is 1. The van der Waals surface area contributed by atoms with Gasteiger partial charge >= 0.3 is 0 Å². The molecule has 0 saturated carbocycles. The van der Waals surface area contributed by atoms with Gasteiger partial charge in [0.25, 0.3) is 0 Å². The Hall–Kier alpha value is -0.820. The van der Waals surface area contributed by atoms with Crippen LogP contribution in [-0.2, 0) is 6.42 Å². The molecule has 1 aliphatic rings. The van der Waals surface area contributed by atoms with E-state index in [-0.39, 0.29) is 6.10 Å². The van der Waals surface area contributed by atoms with Gasteiger partial charge in [0.05, 0.1) is 6.10 Å². The summed E-state index contributed by atoms with van der Waals surface area (Å²) < 4.78 is 0. The van der Waals surface area contributed by atoms with Crippen LogP contribution < -0.4 is 0 Å². The molecule has 1 nitrogen and oxygen atoms in total. The van der Waals surface area contributed by atoms with Crippen LogP contribution in [-0.4, -0.2) is 5.11 Å². The fourth-order valence-electron chi connectivity index (χ4n) is 1.90. The Morgan fingerprint density at radius 3 is 2.92 bits per heavy atom. The predicted octanol–water partition coefficient (Wildman–Crippen LogP) is 2.30. The third-order valence-corrected chi connectivity index (χ3v) is 2.78. The van der Waals surface area contributed by atoms with E-state index in [1.165, 1.54) is 5.56 Å². The van der Waals surface area contributed by atoms with Crippen molar-refractivity contribution in [2.45, 2.75) is 25.9 Å². The van der Waals surface area contributed by atoms with Gasteiger partial charge in [0, 0.05) is 0 Å². The second-order valence-corrected chi connectivity index (χ2v) is 3.66. The van der Waals surface area contributed by atoms with E-state index < -0.39 is 0 Å². The van der Waals surface area contributed by atoms with E-state index in [1.54, 1.807) is 0 Å². The topological polar surface area (TPSA) is 20.2 Å². The monoisotopic (exact) mass is 162 g/mol. The average molecular weight is 162 g/mol. The van der Waals surface area contributed by atoms with Crippen LogP contribution in [0.2, 0.25) is 0 Å². The second kappa shape index (κ2) is 2.91. The SMILES string of the molecule is C[C@H]1CCc2ccccc2[C@@H]1O. The highest BCUT2D eigenvalue weighted by Gasteiger charge is 2.23. The van der Waals surface area contributed by atoms with Gasteiger partial charge in [-0.1, -0.05) is 31.2 Å². The minimum absolute atomic E-state index is 0.241. The van der Waals surface area contributed by atoms with E-state index in [1.807, 2.05) is 18.2 Å². The lowest BCUT2D eigenvalue weighted by atomic mass is 9.83. The molecule has 0 saturated heterocycles. The van der Waals surface area contributed by atoms with Gasteiger partial charge in [-0.3, -0.25) is 0 Å². The third-order valence-electron chi connectivity index (χ3n) is 2.78. The van der Waals surface area contributed by atoms with Crippen molar-refractivity contribution in [3.05, 3.63) is 35.4 Å². The molecule has 0 bridgehead atoms. The van der Waals surface area contributed by atoms with Gasteiger partial charge in [-0.25, -0.2) is 0 Å². The summed E-state index contributed by atoms with van der Waals surface area (Å²) in [5, 5.41) is 9.83. The standard InChI is InChI=1S/C11H14O/c1-8-6-7-9-4-2-3-5-10(9)11(8)12/h2-5,8,11-12H,6-7H2,1H3/t8-,11+/m0/s1. The molecule has 1 aliphatic carbocycles. The number of fused-ring (bicyclic) bond motifs is 1. The van der Waals surface area contributed by atoms with Crippen LogP contribution in [0.5, 0.6) is 0 Å². The average Bonchev–Trinajstić information content (AvgIpc) is 2.12. The summed E-state index contributed by atoms with van der Waals surface area (Å²) in [6.45, 7) is 2.11. The summed E-state index contributed by atoms with van der Waals surface area (Å²) in [5.41, 5.74) is 2.46. The molecule has 0 radical (unpaired) electrons. The van der Waals surface area contributed by atoms with E-state index in [0.29, 0.717) is 5.92 Å². The van der Waals surface area contributed by atoms with Gasteiger partial charge in [-0.15, -0.1) is 0 Å². The number of hydrogen-bond donors (Lipinski definition) is 1. The largest absolute Gasteiger partial charge is 0.388 e. The zero-order valence-corrected chi connectivity index (χ0v) is 7.33. The minimum Gasteiger partial charge on any atom is -0.388 e. The number of aliphatic hydroxyl groups is 1. The Kier molecular flexibility index (Phi) is 1.89. The molecule has 1 aromatic carbocycles. The lowest BCUT2D eigenvalue weighted by Crippen LogP contribution is -2.17. The highest BCUT2D eigenvalue weighted by molar-refractivity contribution is 5.31. The summed E-state index contributed by atoms with van der Waals surface area (Å²) in [5.74, 6) is 0.417. The van der Waals surface area contributed by atoms with Gasteiger partial charge < -0.3 is 5.11 Å². The smallest absolute Gasteiger partial charge is 0.0818 e. The molecule has 0 unspecified atom stereocenters. The number of aliphatic hydroxyl groups excluding tert-OH is 1. The molecular weight excluding hydrogens is 148 g/mol. The summed E-state index contributed by atoms with van der Waals surface area (Å²) in [6.07, 6.45) is 1.99. The summed E-state index contributed by atoms with van der Waals surface area (Å²) in [4.78, 5) is 0. The van der Waals surface area contributed by atoms with E-state index >= 15 is 0 Å². The van der Waals surface area contributed by atoms with Crippen molar-refractivity contribution in [2.75, 3.05) is 0 Å². The molecule has 64 valence electrons. The Balaban J connectivity index is 2.42. The van der Waals surface area contributed by atoms with E-state index in [4.69, 9.17) is 0 Å². The van der Waals surface area contributed by atoms with Crippen molar-refractivity contribution < 1.29 is 5.11 Å². The van der Waals surface area contributed by atoms with E-state index in [9.17, 15) is 5.11 Å². The minimum atomic E-state index is -0.241. The van der Waals surface area contributed by atoms with Crippen LogP contribution in [0, 0.1) is 5.92 Å². The first kappa shape index (κ1) is 7.81. The molecule has 2 atom stereocenters. The van der Waals surface area contributed by atoms with Crippen molar-refractivity contribution >= 4 is 0 Å². The van der Waals surface area contributed by atoms with Crippen molar-refractivity contribution in [1.29, 1.82) is 0 Å². The third kappa shape index (κ3) is 1.14. The molecule has 0 heterocycles. The van der Waals surface area contributed by atoms with Crippen LogP contribution in [0.4, 0.5) is 0 Å². The van der Waals surface area contributed by atoms with Crippen molar-refractivity contribution in [3.63, 3.8) is 0 Å². The molecule has 0 spiro atoms. The quantitative estimate of drug-likeness (QED) is 0.620. The van der Waals surface area contributed by atoms with Gasteiger partial charge in [0.1, 0.15) is 0 Å². The number of hydrogen-bond acceptors (Lipinski definition) is 1. The van der Waals surface area contributed by atoms with Gasteiger partial charge in [0.15, 0.2) is 0 Å². The van der Waals surface area contributed by atoms with Crippen molar-refractivity contribution in [3.8, 4) is 0 Å². The van der Waals surface area contributed by atoms with E-state index in [2.05, 4.69) is 13.0 Å². The first-order valence-electron chi connectivity index (χ1n) is 4.55. The molecule has 0 fully saturated rings. The first-order chi connectivity index (χ1) is 5.79. The zero-order chi connectivity index (χ0) is 8.55. The molecule has 2 rings (SSSR count). The number of aryl methyl sites for hydroxylation is 1. The van der Waals surface area contributed by atoms with Crippen molar-refractivity contribution in [1.82, 2.24) is 0 Å². The Morgan fingerprint density at radius 1 is 1.33 bits per heavy atom. The number of rotatable bonds is 0. The molecule has 0 aromatic heterocycles. The molecule has 1 heteroatoms. The summed E-state index contributed by atoms with van der Waals surface area (Å²) in [6, 6.07) is 8.20.